The predicted octanol–water partition coefficient (Wildman–Crippen LogP) is 1.00. The number of rotatable bonds is 4. The molecule has 1 aromatic rings. The van der Waals surface area contributed by atoms with Crippen LogP contribution >= 0.6 is 0 Å². The highest BCUT2D eigenvalue weighted by atomic mass is 32.2. The summed E-state index contributed by atoms with van der Waals surface area (Å²) in [4.78, 5) is 0. The van der Waals surface area contributed by atoms with E-state index in [4.69, 9.17) is 5.11 Å². The maximum Gasteiger partial charge on any atom is 0.258 e. The van der Waals surface area contributed by atoms with Gasteiger partial charge in [-0.3, -0.25) is 5.10 Å². The van der Waals surface area contributed by atoms with Crippen LogP contribution in [0.1, 0.15) is 38.7 Å². The fraction of sp³-hybridized carbons (Fsp3) is 0.750. The number of hydrogen-bond donors (Lipinski definition) is 3. The van der Waals surface area contributed by atoms with E-state index in [1.54, 1.807) is 0 Å². The van der Waals surface area contributed by atoms with E-state index in [-0.39, 0.29) is 17.7 Å². The van der Waals surface area contributed by atoms with Crippen molar-refractivity contribution in [3.63, 3.8) is 0 Å². The van der Waals surface area contributed by atoms with Gasteiger partial charge in [-0.25, -0.2) is 13.1 Å². The molecule has 0 saturated heterocycles. The zero-order valence-electron chi connectivity index (χ0n) is 11.3. The summed E-state index contributed by atoms with van der Waals surface area (Å²) in [5.74, 6) is 1.15. The molecule has 108 valence electrons. The van der Waals surface area contributed by atoms with E-state index in [1.165, 1.54) is 6.20 Å². The molecule has 19 heavy (non-hydrogen) atoms. The van der Waals surface area contributed by atoms with Crippen LogP contribution in [0.4, 0.5) is 0 Å². The molecule has 1 aliphatic carbocycles. The molecule has 1 aliphatic rings. The van der Waals surface area contributed by atoms with Crippen molar-refractivity contribution in [3.8, 4) is 0 Å². The summed E-state index contributed by atoms with van der Waals surface area (Å²) in [6.07, 6.45) is 4.07. The first-order valence-electron chi connectivity index (χ1n) is 6.59. The minimum atomic E-state index is -3.63. The molecule has 1 heterocycles. The van der Waals surface area contributed by atoms with Gasteiger partial charge in [0.1, 0.15) is 0 Å². The number of aliphatic hydroxyl groups excluding tert-OH is 1. The highest BCUT2D eigenvalue weighted by molar-refractivity contribution is 7.89. The van der Waals surface area contributed by atoms with E-state index in [0.29, 0.717) is 17.4 Å². The Morgan fingerprint density at radius 3 is 2.79 bits per heavy atom. The fourth-order valence-corrected chi connectivity index (χ4v) is 3.98. The van der Waals surface area contributed by atoms with Crippen molar-refractivity contribution in [2.45, 2.75) is 50.8 Å². The molecule has 1 saturated carbocycles. The molecule has 0 aromatic carbocycles. The third-order valence-electron chi connectivity index (χ3n) is 4.04. The van der Waals surface area contributed by atoms with Gasteiger partial charge in [-0.2, -0.15) is 5.10 Å². The van der Waals surface area contributed by atoms with Gasteiger partial charge in [-0.15, -0.1) is 0 Å². The first-order chi connectivity index (χ1) is 8.94. The van der Waals surface area contributed by atoms with Crippen LogP contribution in [0.2, 0.25) is 0 Å². The molecule has 2 rings (SSSR count). The third-order valence-corrected chi connectivity index (χ3v) is 5.57. The SMILES string of the molecule is CC1CCC(NS(=O)(=O)c2[nH]ncc2CO)CC1C. The van der Waals surface area contributed by atoms with Crippen LogP contribution in [-0.4, -0.2) is 29.8 Å². The second-order valence-electron chi connectivity index (χ2n) is 5.47. The Hall–Kier alpha value is -0.920. The lowest BCUT2D eigenvalue weighted by Gasteiger charge is -2.32. The lowest BCUT2D eigenvalue weighted by atomic mass is 9.79. The smallest absolute Gasteiger partial charge is 0.258 e. The van der Waals surface area contributed by atoms with Gasteiger partial charge in [0.15, 0.2) is 5.03 Å². The Balaban J connectivity index is 2.10. The predicted molar refractivity (Wildman–Crippen MR) is 70.8 cm³/mol. The van der Waals surface area contributed by atoms with E-state index in [1.807, 2.05) is 0 Å². The van der Waals surface area contributed by atoms with Gasteiger partial charge < -0.3 is 5.11 Å². The number of aromatic amines is 1. The van der Waals surface area contributed by atoms with Gasteiger partial charge >= 0.3 is 0 Å². The van der Waals surface area contributed by atoms with Gasteiger partial charge in [0.25, 0.3) is 10.0 Å². The summed E-state index contributed by atoms with van der Waals surface area (Å²) in [6, 6.07) is -0.0361. The Kier molecular flexibility index (Phi) is 4.27. The van der Waals surface area contributed by atoms with E-state index < -0.39 is 10.0 Å². The molecule has 1 aromatic heterocycles. The van der Waals surface area contributed by atoms with Crippen LogP contribution in [0.3, 0.4) is 0 Å². The van der Waals surface area contributed by atoms with Gasteiger partial charge in [-0.05, 0) is 31.1 Å². The van der Waals surface area contributed by atoms with E-state index >= 15 is 0 Å². The quantitative estimate of drug-likeness (QED) is 0.770. The molecule has 0 amide bonds. The van der Waals surface area contributed by atoms with E-state index in [9.17, 15) is 8.42 Å². The van der Waals surface area contributed by atoms with Crippen molar-refractivity contribution < 1.29 is 13.5 Å². The van der Waals surface area contributed by atoms with Gasteiger partial charge in [0, 0.05) is 11.6 Å². The van der Waals surface area contributed by atoms with Crippen LogP contribution in [0.5, 0.6) is 0 Å². The standard InChI is InChI=1S/C12H21N3O3S/c1-8-3-4-11(5-9(8)2)15-19(17,18)12-10(7-16)6-13-14-12/h6,8-9,11,15-16H,3-5,7H2,1-2H3,(H,13,14). The van der Waals surface area contributed by atoms with Crippen molar-refractivity contribution in [2.24, 2.45) is 11.8 Å². The highest BCUT2D eigenvalue weighted by Crippen LogP contribution is 2.30. The van der Waals surface area contributed by atoms with Crippen molar-refractivity contribution in [1.29, 1.82) is 0 Å². The molecular formula is C12H21N3O3S. The Morgan fingerprint density at radius 1 is 1.42 bits per heavy atom. The topological polar surface area (TPSA) is 95.1 Å². The first-order valence-corrected chi connectivity index (χ1v) is 8.07. The molecule has 7 heteroatoms. The average Bonchev–Trinajstić information content (AvgIpc) is 2.82. The molecule has 0 aliphatic heterocycles. The zero-order valence-corrected chi connectivity index (χ0v) is 12.1. The van der Waals surface area contributed by atoms with Gasteiger partial charge in [-0.1, -0.05) is 13.8 Å². The number of hydrogen-bond acceptors (Lipinski definition) is 4. The minimum absolute atomic E-state index is 0.0266. The van der Waals surface area contributed by atoms with Gasteiger partial charge in [0.2, 0.25) is 0 Å². The van der Waals surface area contributed by atoms with Crippen molar-refractivity contribution in [2.75, 3.05) is 0 Å². The number of aromatic nitrogens is 2. The number of aliphatic hydroxyl groups is 1. The number of sulfonamides is 1. The maximum atomic E-state index is 12.2. The number of H-pyrrole nitrogens is 1. The molecule has 0 radical (unpaired) electrons. The molecule has 1 fully saturated rings. The average molecular weight is 287 g/mol. The monoisotopic (exact) mass is 287 g/mol. The Bertz CT molecular complexity index is 526. The van der Waals surface area contributed by atoms with Crippen molar-refractivity contribution >= 4 is 10.0 Å². The van der Waals surface area contributed by atoms with E-state index in [0.717, 1.165) is 19.3 Å². The molecular weight excluding hydrogens is 266 g/mol. The summed E-state index contributed by atoms with van der Waals surface area (Å²) in [5.41, 5.74) is 0.296. The van der Waals surface area contributed by atoms with E-state index in [2.05, 4.69) is 28.8 Å². The van der Waals surface area contributed by atoms with Crippen LogP contribution in [0, 0.1) is 11.8 Å². The second-order valence-corrected chi connectivity index (χ2v) is 7.12. The largest absolute Gasteiger partial charge is 0.392 e. The van der Waals surface area contributed by atoms with Crippen LogP contribution in [-0.2, 0) is 16.6 Å². The fourth-order valence-electron chi connectivity index (χ4n) is 2.58. The molecule has 0 bridgehead atoms. The number of nitrogens with one attached hydrogen (secondary N) is 2. The summed E-state index contributed by atoms with van der Waals surface area (Å²) < 4.78 is 27.2. The number of nitrogens with zero attached hydrogens (tertiary/aromatic N) is 1. The van der Waals surface area contributed by atoms with Crippen LogP contribution in [0.15, 0.2) is 11.2 Å². The lowest BCUT2D eigenvalue weighted by Crippen LogP contribution is -2.40. The maximum absolute atomic E-state index is 12.2. The Labute approximate surface area is 113 Å². The van der Waals surface area contributed by atoms with Crippen LogP contribution < -0.4 is 4.72 Å². The second kappa shape index (κ2) is 5.60. The first kappa shape index (κ1) is 14.5. The molecule has 6 nitrogen and oxygen atoms in total. The normalized spacial score (nSPS) is 28.5. The summed E-state index contributed by atoms with van der Waals surface area (Å²) in [7, 11) is -3.63. The molecule has 0 spiro atoms. The summed E-state index contributed by atoms with van der Waals surface area (Å²) >= 11 is 0. The molecule has 3 N–H and O–H groups in total. The third kappa shape index (κ3) is 3.16. The van der Waals surface area contributed by atoms with Gasteiger partial charge in [0.05, 0.1) is 12.8 Å². The highest BCUT2D eigenvalue weighted by Gasteiger charge is 2.29. The zero-order chi connectivity index (χ0) is 14.0. The minimum Gasteiger partial charge on any atom is -0.392 e. The Morgan fingerprint density at radius 2 is 2.16 bits per heavy atom. The van der Waals surface area contributed by atoms with Crippen LogP contribution in [0.25, 0.3) is 0 Å². The summed E-state index contributed by atoms with van der Waals surface area (Å²) in [6.45, 7) is 4.01. The summed E-state index contributed by atoms with van der Waals surface area (Å²) in [5, 5.41) is 15.2. The molecule has 3 unspecified atom stereocenters. The van der Waals surface area contributed by atoms with Crippen molar-refractivity contribution in [1.82, 2.24) is 14.9 Å². The van der Waals surface area contributed by atoms with Crippen molar-refractivity contribution in [3.05, 3.63) is 11.8 Å². The molecule has 3 atom stereocenters. The lowest BCUT2D eigenvalue weighted by molar-refractivity contribution is 0.241.